The van der Waals surface area contributed by atoms with E-state index in [0.717, 1.165) is 29.9 Å². The van der Waals surface area contributed by atoms with E-state index in [0.29, 0.717) is 13.1 Å². The van der Waals surface area contributed by atoms with Crippen LogP contribution in [0.2, 0.25) is 0 Å². The molecule has 2 aliphatic rings. The van der Waals surface area contributed by atoms with Gasteiger partial charge < -0.3 is 9.64 Å². The van der Waals surface area contributed by atoms with Crippen LogP contribution in [-0.4, -0.2) is 58.6 Å². The minimum absolute atomic E-state index is 0.105. The minimum Gasteiger partial charge on any atom is -0.372 e. The summed E-state index contributed by atoms with van der Waals surface area (Å²) in [6.07, 6.45) is 2.41. The average Bonchev–Trinajstić information content (AvgIpc) is 3.25. The molecule has 5 nitrogen and oxygen atoms in total. The molecule has 2 saturated heterocycles. The number of aromatic nitrogens is 1. The molecule has 2 aromatic rings. The molecule has 6 heteroatoms. The van der Waals surface area contributed by atoms with Gasteiger partial charge in [-0.1, -0.05) is 12.1 Å². The van der Waals surface area contributed by atoms with Gasteiger partial charge in [-0.05, 0) is 52.3 Å². The summed E-state index contributed by atoms with van der Waals surface area (Å²) in [7, 11) is 0. The summed E-state index contributed by atoms with van der Waals surface area (Å²) in [6.45, 7) is 8.48. The van der Waals surface area contributed by atoms with Crippen molar-refractivity contribution in [1.82, 2.24) is 14.8 Å². The molecule has 0 saturated carbocycles. The van der Waals surface area contributed by atoms with E-state index in [1.54, 1.807) is 11.3 Å². The number of carbonyl (C=O) groups is 1. The second-order valence-electron chi connectivity index (χ2n) is 7.59. The first kappa shape index (κ1) is 17.9. The second-order valence-corrected chi connectivity index (χ2v) is 8.65. The van der Waals surface area contributed by atoms with Crippen LogP contribution in [0.15, 0.2) is 24.3 Å². The lowest BCUT2D eigenvalue weighted by Gasteiger charge is -2.39. The number of hydrogen-bond acceptors (Lipinski definition) is 5. The summed E-state index contributed by atoms with van der Waals surface area (Å²) in [6, 6.07) is 8.42. The number of nitrogens with zero attached hydrogens (tertiary/aromatic N) is 3. The molecule has 1 aromatic heterocycles. The van der Waals surface area contributed by atoms with Gasteiger partial charge in [-0.3, -0.25) is 9.69 Å². The molecule has 0 spiro atoms. The lowest BCUT2D eigenvalue weighted by atomic mass is 10.1. The van der Waals surface area contributed by atoms with E-state index in [1.807, 2.05) is 24.8 Å². The van der Waals surface area contributed by atoms with Gasteiger partial charge in [0.1, 0.15) is 5.01 Å². The van der Waals surface area contributed by atoms with Crippen molar-refractivity contribution in [2.75, 3.05) is 19.6 Å². The summed E-state index contributed by atoms with van der Waals surface area (Å²) in [5.41, 5.74) is 1.06. The lowest BCUT2D eigenvalue weighted by Crippen LogP contribution is -2.54. The van der Waals surface area contributed by atoms with E-state index in [1.165, 1.54) is 4.70 Å². The number of thiazole rings is 1. The highest BCUT2D eigenvalue weighted by atomic mass is 32.1. The van der Waals surface area contributed by atoms with Gasteiger partial charge >= 0.3 is 0 Å². The lowest BCUT2D eigenvalue weighted by molar-refractivity contribution is -0.148. The number of para-hydroxylation sites is 1. The third-order valence-corrected chi connectivity index (χ3v) is 6.61. The van der Waals surface area contributed by atoms with Crippen molar-refractivity contribution in [2.24, 2.45) is 0 Å². The Balaban J connectivity index is 1.52. The highest BCUT2D eigenvalue weighted by molar-refractivity contribution is 7.18. The second kappa shape index (κ2) is 7.25. The number of fused-ring (bicyclic) bond motifs is 1. The van der Waals surface area contributed by atoms with Crippen molar-refractivity contribution in [2.45, 2.75) is 57.9 Å². The molecule has 26 heavy (non-hydrogen) atoms. The topological polar surface area (TPSA) is 45.7 Å². The van der Waals surface area contributed by atoms with E-state index in [4.69, 9.17) is 9.72 Å². The fourth-order valence-corrected chi connectivity index (χ4v) is 5.44. The molecule has 1 amide bonds. The largest absolute Gasteiger partial charge is 0.372 e. The van der Waals surface area contributed by atoms with E-state index in [-0.39, 0.29) is 30.2 Å². The van der Waals surface area contributed by atoms with Crippen molar-refractivity contribution in [3.05, 3.63) is 29.3 Å². The molecular formula is C20H27N3O2S. The maximum absolute atomic E-state index is 13.1. The molecule has 0 radical (unpaired) electrons. The Kier molecular flexibility index (Phi) is 4.99. The molecule has 0 aliphatic carbocycles. The molecule has 0 N–H and O–H groups in total. The summed E-state index contributed by atoms with van der Waals surface area (Å²) >= 11 is 1.77. The van der Waals surface area contributed by atoms with Gasteiger partial charge in [0, 0.05) is 13.1 Å². The van der Waals surface area contributed by atoms with Gasteiger partial charge in [-0.25, -0.2) is 4.98 Å². The monoisotopic (exact) mass is 373 g/mol. The Hall–Kier alpha value is -1.50. The van der Waals surface area contributed by atoms with Crippen LogP contribution >= 0.6 is 11.3 Å². The summed E-state index contributed by atoms with van der Waals surface area (Å²) in [4.78, 5) is 22.3. The molecule has 1 aromatic carbocycles. The van der Waals surface area contributed by atoms with Gasteiger partial charge in [0.2, 0.25) is 5.91 Å². The standard InChI is InChI=1S/C20H27N3O2S/c1-13-11-22(12-14(2)25-13)20(24)15(3)23-10-6-8-17(23)19-21-16-7-4-5-9-18(16)26-19/h4-5,7,9,13-15,17H,6,8,10-12H2,1-3H3. The normalized spacial score (nSPS) is 28.6. The number of benzene rings is 1. The third kappa shape index (κ3) is 3.38. The third-order valence-electron chi connectivity index (χ3n) is 5.48. The van der Waals surface area contributed by atoms with Crippen LogP contribution in [0, 0.1) is 0 Å². The molecule has 4 atom stereocenters. The Morgan fingerprint density at radius 3 is 2.73 bits per heavy atom. The number of amides is 1. The van der Waals surface area contributed by atoms with Crippen molar-refractivity contribution in [1.29, 1.82) is 0 Å². The molecule has 4 unspecified atom stereocenters. The number of carbonyl (C=O) groups excluding carboxylic acids is 1. The Morgan fingerprint density at radius 1 is 1.27 bits per heavy atom. The molecule has 140 valence electrons. The van der Waals surface area contributed by atoms with Crippen molar-refractivity contribution < 1.29 is 9.53 Å². The van der Waals surface area contributed by atoms with Crippen LogP contribution in [0.3, 0.4) is 0 Å². The Labute approximate surface area is 159 Å². The number of likely N-dealkylation sites (tertiary alicyclic amines) is 1. The van der Waals surface area contributed by atoms with Gasteiger partial charge in [-0.15, -0.1) is 11.3 Å². The van der Waals surface area contributed by atoms with Crippen molar-refractivity contribution in [3.63, 3.8) is 0 Å². The maximum atomic E-state index is 13.1. The molecular weight excluding hydrogens is 346 g/mol. The number of hydrogen-bond donors (Lipinski definition) is 0. The van der Waals surface area contributed by atoms with E-state index in [9.17, 15) is 4.79 Å². The Morgan fingerprint density at radius 2 is 2.00 bits per heavy atom. The summed E-state index contributed by atoms with van der Waals surface area (Å²) in [5.74, 6) is 0.222. The summed E-state index contributed by atoms with van der Waals surface area (Å²) < 4.78 is 7.01. The zero-order valence-corrected chi connectivity index (χ0v) is 16.5. The van der Waals surface area contributed by atoms with Gasteiger partial charge in [0.15, 0.2) is 0 Å². The van der Waals surface area contributed by atoms with Gasteiger partial charge in [0.05, 0.1) is 34.5 Å². The van der Waals surface area contributed by atoms with Crippen LogP contribution < -0.4 is 0 Å². The molecule has 0 bridgehead atoms. The molecule has 2 fully saturated rings. The number of ether oxygens (including phenoxy) is 1. The highest BCUT2D eigenvalue weighted by Crippen LogP contribution is 2.37. The smallest absolute Gasteiger partial charge is 0.239 e. The first-order valence-electron chi connectivity index (χ1n) is 9.58. The SMILES string of the molecule is CC1CN(C(=O)C(C)N2CCCC2c2nc3ccccc3s2)CC(C)O1. The van der Waals surface area contributed by atoms with Crippen LogP contribution in [0.4, 0.5) is 0 Å². The van der Waals surface area contributed by atoms with E-state index in [2.05, 4.69) is 30.0 Å². The van der Waals surface area contributed by atoms with Crippen LogP contribution in [-0.2, 0) is 9.53 Å². The first-order valence-corrected chi connectivity index (χ1v) is 10.4. The highest BCUT2D eigenvalue weighted by Gasteiger charge is 2.37. The van der Waals surface area contributed by atoms with Crippen molar-refractivity contribution >= 4 is 27.5 Å². The van der Waals surface area contributed by atoms with Crippen molar-refractivity contribution in [3.8, 4) is 0 Å². The van der Waals surface area contributed by atoms with Crippen LogP contribution in [0.5, 0.6) is 0 Å². The molecule has 2 aliphatic heterocycles. The van der Waals surface area contributed by atoms with E-state index < -0.39 is 0 Å². The Bertz CT molecular complexity index is 749. The van der Waals surface area contributed by atoms with Crippen LogP contribution in [0.1, 0.15) is 44.7 Å². The van der Waals surface area contributed by atoms with Gasteiger partial charge in [0.25, 0.3) is 0 Å². The van der Waals surface area contributed by atoms with Gasteiger partial charge in [-0.2, -0.15) is 0 Å². The quantitative estimate of drug-likeness (QED) is 0.827. The minimum atomic E-state index is -0.119. The first-order chi connectivity index (χ1) is 12.5. The molecule has 4 rings (SSSR count). The zero-order valence-electron chi connectivity index (χ0n) is 15.7. The number of morpholine rings is 1. The average molecular weight is 374 g/mol. The predicted octanol–water partition coefficient (Wildman–Crippen LogP) is 3.46. The predicted molar refractivity (Wildman–Crippen MR) is 104 cm³/mol. The fourth-order valence-electron chi connectivity index (χ4n) is 4.31. The number of rotatable bonds is 3. The van der Waals surface area contributed by atoms with E-state index >= 15 is 0 Å². The maximum Gasteiger partial charge on any atom is 0.239 e. The zero-order chi connectivity index (χ0) is 18.3. The fraction of sp³-hybridized carbons (Fsp3) is 0.600. The van der Waals surface area contributed by atoms with Crippen LogP contribution in [0.25, 0.3) is 10.2 Å². The summed E-state index contributed by atoms with van der Waals surface area (Å²) in [5, 5.41) is 1.15. The molecule has 3 heterocycles.